The van der Waals surface area contributed by atoms with Gasteiger partial charge in [-0.2, -0.15) is 4.31 Å². The van der Waals surface area contributed by atoms with Crippen molar-refractivity contribution < 1.29 is 13.5 Å². The number of aliphatic hydroxyl groups excluding tert-OH is 1. The molecular weight excluding hydrogens is 268 g/mol. The normalized spacial score (nSPS) is 22.1. The highest BCUT2D eigenvalue weighted by Gasteiger charge is 2.32. The van der Waals surface area contributed by atoms with E-state index in [0.29, 0.717) is 13.0 Å². The van der Waals surface area contributed by atoms with Gasteiger partial charge in [0.2, 0.25) is 15.6 Å². The molecule has 1 aromatic heterocycles. The average Bonchev–Trinajstić information content (AvgIpc) is 2.64. The molecule has 19 heavy (non-hydrogen) atoms. The van der Waals surface area contributed by atoms with Crippen LogP contribution in [0.2, 0.25) is 0 Å². The van der Waals surface area contributed by atoms with Gasteiger partial charge in [-0.1, -0.05) is 12.8 Å². The maximum atomic E-state index is 12.5. The monoisotopic (exact) mass is 286 g/mol. The number of nitrogens with one attached hydrogen (secondary N) is 1. The van der Waals surface area contributed by atoms with Gasteiger partial charge in [-0.05, 0) is 18.9 Å². The summed E-state index contributed by atoms with van der Waals surface area (Å²) in [5, 5.41) is 9.38. The molecule has 7 heteroatoms. The molecule has 2 N–H and O–H groups in total. The van der Waals surface area contributed by atoms with Crippen molar-refractivity contribution >= 4 is 10.0 Å². The number of hydrogen-bond acceptors (Lipinski definition) is 4. The second kappa shape index (κ2) is 5.85. The third-order valence-electron chi connectivity index (χ3n) is 3.40. The van der Waals surface area contributed by atoms with E-state index >= 15 is 0 Å². The molecule has 0 spiro atoms. The molecule has 1 fully saturated rings. The summed E-state index contributed by atoms with van der Waals surface area (Å²) in [7, 11) is -3.66. The fourth-order valence-corrected chi connectivity index (χ4v) is 3.99. The van der Waals surface area contributed by atoms with Crippen LogP contribution < -0.4 is 5.56 Å². The maximum absolute atomic E-state index is 12.5. The average molecular weight is 286 g/mol. The van der Waals surface area contributed by atoms with Crippen molar-refractivity contribution in [2.24, 2.45) is 0 Å². The van der Waals surface area contributed by atoms with Gasteiger partial charge in [-0.15, -0.1) is 0 Å². The number of hydrogen-bond donors (Lipinski definition) is 2. The molecule has 0 bridgehead atoms. The quantitative estimate of drug-likeness (QED) is 0.836. The summed E-state index contributed by atoms with van der Waals surface area (Å²) >= 11 is 0. The highest BCUT2D eigenvalue weighted by atomic mass is 32.2. The summed E-state index contributed by atoms with van der Waals surface area (Å²) in [5.74, 6) is 0. The maximum Gasteiger partial charge on any atom is 0.247 e. The molecule has 0 amide bonds. The van der Waals surface area contributed by atoms with Gasteiger partial charge in [-0.25, -0.2) is 8.42 Å². The largest absolute Gasteiger partial charge is 0.395 e. The Labute approximate surface area is 112 Å². The molecule has 1 saturated heterocycles. The Balaban J connectivity index is 2.35. The minimum atomic E-state index is -3.66. The van der Waals surface area contributed by atoms with Crippen molar-refractivity contribution in [2.45, 2.75) is 36.6 Å². The molecule has 0 aliphatic carbocycles. The molecule has 1 unspecified atom stereocenters. The van der Waals surface area contributed by atoms with Crippen LogP contribution in [0.4, 0.5) is 0 Å². The van der Waals surface area contributed by atoms with Crippen LogP contribution >= 0.6 is 0 Å². The first-order chi connectivity index (χ1) is 9.05. The number of aliphatic hydroxyl groups is 1. The molecule has 1 aliphatic rings. The van der Waals surface area contributed by atoms with E-state index in [-0.39, 0.29) is 23.1 Å². The Morgan fingerprint density at radius 1 is 1.32 bits per heavy atom. The van der Waals surface area contributed by atoms with Gasteiger partial charge in [0.25, 0.3) is 0 Å². The molecular formula is C12H18N2O4S. The number of nitrogens with zero attached hydrogens (tertiary/aromatic N) is 1. The highest BCUT2D eigenvalue weighted by Crippen LogP contribution is 2.23. The molecule has 1 aromatic rings. The summed E-state index contributed by atoms with van der Waals surface area (Å²) in [4.78, 5) is 13.4. The van der Waals surface area contributed by atoms with Crippen molar-refractivity contribution in [3.8, 4) is 0 Å². The lowest BCUT2D eigenvalue weighted by atomic mass is 10.1. The Kier molecular flexibility index (Phi) is 4.38. The molecule has 1 aliphatic heterocycles. The molecule has 0 aromatic carbocycles. The van der Waals surface area contributed by atoms with Crippen LogP contribution in [0, 0.1) is 0 Å². The minimum absolute atomic E-state index is 0.0625. The second-order valence-electron chi connectivity index (χ2n) is 4.69. The molecule has 6 nitrogen and oxygen atoms in total. The lowest BCUT2D eigenvalue weighted by Crippen LogP contribution is -2.42. The fourth-order valence-electron chi connectivity index (χ4n) is 2.34. The van der Waals surface area contributed by atoms with Gasteiger partial charge >= 0.3 is 0 Å². The number of H-pyrrole nitrogens is 1. The summed E-state index contributed by atoms with van der Waals surface area (Å²) < 4.78 is 26.4. The zero-order valence-corrected chi connectivity index (χ0v) is 11.4. The van der Waals surface area contributed by atoms with Gasteiger partial charge in [0.1, 0.15) is 0 Å². The van der Waals surface area contributed by atoms with E-state index in [1.165, 1.54) is 22.6 Å². The molecule has 1 atom stereocenters. The lowest BCUT2D eigenvalue weighted by Gasteiger charge is -2.27. The molecule has 2 heterocycles. The van der Waals surface area contributed by atoms with Gasteiger partial charge < -0.3 is 10.1 Å². The molecule has 0 saturated carbocycles. The molecule has 0 radical (unpaired) electrons. The zero-order chi connectivity index (χ0) is 13.9. The van der Waals surface area contributed by atoms with Gasteiger partial charge in [-0.3, -0.25) is 4.79 Å². The van der Waals surface area contributed by atoms with Crippen molar-refractivity contribution in [2.75, 3.05) is 13.2 Å². The van der Waals surface area contributed by atoms with Crippen LogP contribution in [-0.2, 0) is 10.0 Å². The summed E-state index contributed by atoms with van der Waals surface area (Å²) in [5.41, 5.74) is -0.339. The van der Waals surface area contributed by atoms with Gasteiger partial charge in [0.05, 0.1) is 11.5 Å². The topological polar surface area (TPSA) is 90.5 Å². The lowest BCUT2D eigenvalue weighted by molar-refractivity contribution is 0.186. The fraction of sp³-hybridized carbons (Fsp3) is 0.583. The Bertz CT molecular complexity index is 561. The standard InChI is InChI=1S/C12H18N2O4S/c15-9-10-4-2-1-3-7-14(10)19(17,18)11-5-6-12(16)13-8-11/h5-6,8,10,15H,1-4,7,9H2,(H,13,16). The number of sulfonamides is 1. The highest BCUT2D eigenvalue weighted by molar-refractivity contribution is 7.89. The molecule has 106 valence electrons. The smallest absolute Gasteiger partial charge is 0.247 e. The van der Waals surface area contributed by atoms with Crippen molar-refractivity contribution in [1.29, 1.82) is 0 Å². The SMILES string of the molecule is O=c1ccc(S(=O)(=O)N2CCCCCC2CO)c[nH]1. The number of aromatic nitrogens is 1. The predicted molar refractivity (Wildman–Crippen MR) is 70.3 cm³/mol. The van der Waals surface area contributed by atoms with Crippen LogP contribution in [0.3, 0.4) is 0 Å². The first-order valence-corrected chi connectivity index (χ1v) is 7.81. The van der Waals surface area contributed by atoms with E-state index in [2.05, 4.69) is 4.98 Å². The van der Waals surface area contributed by atoms with Crippen molar-refractivity contribution in [3.63, 3.8) is 0 Å². The Hall–Kier alpha value is -1.18. The van der Waals surface area contributed by atoms with E-state index in [9.17, 15) is 18.3 Å². The summed E-state index contributed by atoms with van der Waals surface area (Å²) in [6, 6.07) is 2.12. The van der Waals surface area contributed by atoms with Crippen LogP contribution in [0.15, 0.2) is 28.0 Å². The Morgan fingerprint density at radius 3 is 2.74 bits per heavy atom. The van der Waals surface area contributed by atoms with Crippen molar-refractivity contribution in [3.05, 3.63) is 28.7 Å². The number of aromatic amines is 1. The first kappa shape index (κ1) is 14.2. The molecule has 2 rings (SSSR count). The zero-order valence-electron chi connectivity index (χ0n) is 10.6. The minimum Gasteiger partial charge on any atom is -0.395 e. The van der Waals surface area contributed by atoms with Crippen LogP contribution in [0.25, 0.3) is 0 Å². The summed E-state index contributed by atoms with van der Waals surface area (Å²) in [6.45, 7) is 0.231. The third kappa shape index (κ3) is 3.05. The van der Waals surface area contributed by atoms with Crippen LogP contribution in [0.5, 0.6) is 0 Å². The van der Waals surface area contributed by atoms with Crippen molar-refractivity contribution in [1.82, 2.24) is 9.29 Å². The van der Waals surface area contributed by atoms with Crippen LogP contribution in [0.1, 0.15) is 25.7 Å². The van der Waals surface area contributed by atoms with Gasteiger partial charge in [0.15, 0.2) is 0 Å². The third-order valence-corrected chi connectivity index (χ3v) is 5.34. The second-order valence-corrected chi connectivity index (χ2v) is 6.58. The predicted octanol–water partition coefficient (Wildman–Crippen LogP) is 0.300. The Morgan fingerprint density at radius 2 is 2.11 bits per heavy atom. The van der Waals surface area contributed by atoms with E-state index in [4.69, 9.17) is 0 Å². The number of rotatable bonds is 3. The van der Waals surface area contributed by atoms with E-state index in [0.717, 1.165) is 19.3 Å². The number of pyridine rings is 1. The van der Waals surface area contributed by atoms with E-state index < -0.39 is 10.0 Å². The first-order valence-electron chi connectivity index (χ1n) is 6.37. The van der Waals surface area contributed by atoms with E-state index in [1.807, 2.05) is 0 Å². The van der Waals surface area contributed by atoms with Gasteiger partial charge in [0, 0.05) is 24.8 Å². The van der Waals surface area contributed by atoms with E-state index in [1.54, 1.807) is 0 Å². The summed E-state index contributed by atoms with van der Waals surface area (Å²) in [6.07, 6.45) is 4.55. The van der Waals surface area contributed by atoms with Crippen LogP contribution in [-0.4, -0.2) is 42.0 Å².